The van der Waals surface area contributed by atoms with Gasteiger partial charge in [-0.25, -0.2) is 0 Å². The second kappa shape index (κ2) is 3.97. The Balaban J connectivity index is 2.86. The molecule has 1 rings (SSSR count). The third-order valence-electron chi connectivity index (χ3n) is 1.59. The van der Waals surface area contributed by atoms with Gasteiger partial charge < -0.3 is 20.5 Å². The molecule has 0 fully saturated rings. The first kappa shape index (κ1) is 9.62. The highest BCUT2D eigenvalue weighted by atomic mass is 16.6. The lowest BCUT2D eigenvalue weighted by Gasteiger charge is -2.06. The summed E-state index contributed by atoms with van der Waals surface area (Å²) in [5.41, 5.74) is 0.194. The number of H-pyrrole nitrogens is 1. The van der Waals surface area contributed by atoms with E-state index in [1.165, 1.54) is 6.20 Å². The summed E-state index contributed by atoms with van der Waals surface area (Å²) in [7, 11) is 1.65. The van der Waals surface area contributed by atoms with Crippen LogP contribution >= 0.6 is 0 Å². The fraction of sp³-hybridized carbons (Fsp3) is 0.500. The van der Waals surface area contributed by atoms with Gasteiger partial charge in [0.2, 0.25) is 0 Å². The van der Waals surface area contributed by atoms with E-state index in [0.29, 0.717) is 0 Å². The number of nitrogens with one attached hydrogen (secondary N) is 2. The Labute approximate surface area is 73.9 Å². The standard InChI is InChI=1S/C6H10N4O3/c1-7-3-5(11)4-2-8-9-6(4)10(12)13/h2,5,7,11H,3H2,1H3,(H,8,9). The topological polar surface area (TPSA) is 104 Å². The summed E-state index contributed by atoms with van der Waals surface area (Å²) < 4.78 is 0. The number of nitrogens with zero attached hydrogens (tertiary/aromatic N) is 2. The number of rotatable bonds is 4. The van der Waals surface area contributed by atoms with Crippen LogP contribution in [-0.4, -0.2) is 33.8 Å². The number of aliphatic hydroxyl groups excluding tert-OH is 1. The van der Waals surface area contributed by atoms with Crippen LogP contribution in [0.2, 0.25) is 0 Å². The van der Waals surface area contributed by atoms with Crippen LogP contribution in [0.4, 0.5) is 5.82 Å². The van der Waals surface area contributed by atoms with Crippen molar-refractivity contribution in [2.45, 2.75) is 6.10 Å². The molecular formula is C6H10N4O3. The monoisotopic (exact) mass is 186 g/mol. The molecule has 0 radical (unpaired) electrons. The van der Waals surface area contributed by atoms with E-state index < -0.39 is 11.0 Å². The largest absolute Gasteiger partial charge is 0.387 e. The minimum Gasteiger partial charge on any atom is -0.387 e. The van der Waals surface area contributed by atoms with Gasteiger partial charge in [-0.2, -0.15) is 0 Å². The number of aromatic amines is 1. The van der Waals surface area contributed by atoms with E-state index in [2.05, 4.69) is 15.5 Å². The first-order chi connectivity index (χ1) is 6.16. The van der Waals surface area contributed by atoms with Gasteiger partial charge >= 0.3 is 5.82 Å². The fourth-order valence-electron chi connectivity index (χ4n) is 0.982. The minimum atomic E-state index is -0.913. The number of likely N-dealkylation sites (N-methyl/N-ethyl adjacent to an activating group) is 1. The first-order valence-electron chi connectivity index (χ1n) is 3.67. The zero-order chi connectivity index (χ0) is 9.84. The van der Waals surface area contributed by atoms with Crippen molar-refractivity contribution in [3.8, 4) is 0 Å². The maximum atomic E-state index is 10.4. The number of aliphatic hydroxyl groups is 1. The van der Waals surface area contributed by atoms with Crippen LogP contribution in [0, 0.1) is 10.1 Å². The molecule has 1 heterocycles. The zero-order valence-electron chi connectivity index (χ0n) is 7.02. The Bertz CT molecular complexity index is 298. The summed E-state index contributed by atoms with van der Waals surface area (Å²) in [5, 5.41) is 28.2. The van der Waals surface area contributed by atoms with Gasteiger partial charge in [-0.3, -0.25) is 0 Å². The van der Waals surface area contributed by atoms with Crippen molar-refractivity contribution in [3.63, 3.8) is 0 Å². The Morgan fingerprint density at radius 1 is 1.92 bits per heavy atom. The predicted octanol–water partition coefficient (Wildman–Crippen LogP) is -0.429. The molecule has 0 aliphatic carbocycles. The van der Waals surface area contributed by atoms with Crippen LogP contribution in [0.15, 0.2) is 6.20 Å². The van der Waals surface area contributed by atoms with Crippen molar-refractivity contribution in [3.05, 3.63) is 21.9 Å². The molecule has 0 saturated carbocycles. The van der Waals surface area contributed by atoms with Gasteiger partial charge in [-0.15, -0.1) is 5.10 Å². The van der Waals surface area contributed by atoms with Crippen LogP contribution in [0.25, 0.3) is 0 Å². The molecule has 0 aromatic carbocycles. The summed E-state index contributed by atoms with van der Waals surface area (Å²) in [5.74, 6) is -0.261. The Hall–Kier alpha value is -1.47. The molecule has 0 aliphatic heterocycles. The number of hydrogen-bond acceptors (Lipinski definition) is 5. The van der Waals surface area contributed by atoms with Crippen LogP contribution in [0.1, 0.15) is 11.7 Å². The molecule has 1 atom stereocenters. The van der Waals surface area contributed by atoms with Crippen molar-refractivity contribution in [2.75, 3.05) is 13.6 Å². The van der Waals surface area contributed by atoms with E-state index >= 15 is 0 Å². The Kier molecular flexibility index (Phi) is 2.93. The van der Waals surface area contributed by atoms with Crippen LogP contribution in [0.5, 0.6) is 0 Å². The van der Waals surface area contributed by atoms with Gasteiger partial charge in [0.05, 0.1) is 11.8 Å². The zero-order valence-corrected chi connectivity index (χ0v) is 7.02. The molecule has 13 heavy (non-hydrogen) atoms. The SMILES string of the molecule is CNCC(O)c1cn[nH]c1[N+](=O)[O-]. The second-order valence-corrected chi connectivity index (χ2v) is 2.50. The van der Waals surface area contributed by atoms with Gasteiger partial charge in [0.15, 0.2) is 0 Å². The molecular weight excluding hydrogens is 176 g/mol. The number of aromatic nitrogens is 2. The van der Waals surface area contributed by atoms with Crippen molar-refractivity contribution in [1.82, 2.24) is 15.5 Å². The van der Waals surface area contributed by atoms with Crippen molar-refractivity contribution in [2.24, 2.45) is 0 Å². The Morgan fingerprint density at radius 2 is 2.62 bits per heavy atom. The summed E-state index contributed by atoms with van der Waals surface area (Å²) in [4.78, 5) is 9.78. The van der Waals surface area contributed by atoms with Gasteiger partial charge in [0.25, 0.3) is 0 Å². The molecule has 72 valence electrons. The molecule has 0 bridgehead atoms. The molecule has 0 spiro atoms. The van der Waals surface area contributed by atoms with Crippen molar-refractivity contribution in [1.29, 1.82) is 0 Å². The highest BCUT2D eigenvalue weighted by Crippen LogP contribution is 2.20. The lowest BCUT2D eigenvalue weighted by molar-refractivity contribution is -0.390. The van der Waals surface area contributed by atoms with E-state index in [0.717, 1.165) is 0 Å². The molecule has 0 saturated heterocycles. The first-order valence-corrected chi connectivity index (χ1v) is 3.67. The van der Waals surface area contributed by atoms with Crippen LogP contribution in [-0.2, 0) is 0 Å². The summed E-state index contributed by atoms with van der Waals surface area (Å²) in [6.07, 6.45) is 0.337. The summed E-state index contributed by atoms with van der Waals surface area (Å²) in [6, 6.07) is 0. The van der Waals surface area contributed by atoms with E-state index in [1.807, 2.05) is 0 Å². The predicted molar refractivity (Wildman–Crippen MR) is 44.1 cm³/mol. The van der Waals surface area contributed by atoms with Crippen LogP contribution < -0.4 is 5.32 Å². The highest BCUT2D eigenvalue weighted by Gasteiger charge is 2.21. The summed E-state index contributed by atoms with van der Waals surface area (Å²) >= 11 is 0. The number of hydrogen-bond donors (Lipinski definition) is 3. The fourth-order valence-corrected chi connectivity index (χ4v) is 0.982. The van der Waals surface area contributed by atoms with E-state index in [1.54, 1.807) is 7.05 Å². The second-order valence-electron chi connectivity index (χ2n) is 2.50. The average molecular weight is 186 g/mol. The number of nitro groups is 1. The van der Waals surface area contributed by atoms with Crippen molar-refractivity contribution < 1.29 is 10.0 Å². The molecule has 0 amide bonds. The molecule has 1 unspecified atom stereocenters. The maximum absolute atomic E-state index is 10.4. The third kappa shape index (κ3) is 2.01. The molecule has 3 N–H and O–H groups in total. The average Bonchev–Trinajstić information content (AvgIpc) is 2.52. The minimum absolute atomic E-state index is 0.194. The van der Waals surface area contributed by atoms with E-state index in [4.69, 9.17) is 0 Å². The highest BCUT2D eigenvalue weighted by molar-refractivity contribution is 5.31. The maximum Gasteiger partial charge on any atom is 0.348 e. The van der Waals surface area contributed by atoms with E-state index in [-0.39, 0.29) is 17.9 Å². The quantitative estimate of drug-likeness (QED) is 0.437. The van der Waals surface area contributed by atoms with E-state index in [9.17, 15) is 15.2 Å². The van der Waals surface area contributed by atoms with Gasteiger partial charge in [-0.1, -0.05) is 5.10 Å². The normalized spacial score (nSPS) is 12.8. The molecule has 0 aliphatic rings. The van der Waals surface area contributed by atoms with Gasteiger partial charge in [0.1, 0.15) is 6.10 Å². The molecule has 7 nitrogen and oxygen atoms in total. The van der Waals surface area contributed by atoms with Gasteiger partial charge in [0, 0.05) is 6.54 Å². The lowest BCUT2D eigenvalue weighted by Crippen LogP contribution is -2.17. The smallest absolute Gasteiger partial charge is 0.348 e. The lowest BCUT2D eigenvalue weighted by atomic mass is 10.2. The van der Waals surface area contributed by atoms with Gasteiger partial charge in [-0.05, 0) is 12.0 Å². The summed E-state index contributed by atoms with van der Waals surface area (Å²) in [6.45, 7) is 0.250. The van der Waals surface area contributed by atoms with Crippen molar-refractivity contribution >= 4 is 5.82 Å². The third-order valence-corrected chi connectivity index (χ3v) is 1.59. The molecule has 7 heteroatoms. The molecule has 1 aromatic rings. The van der Waals surface area contributed by atoms with Crippen LogP contribution in [0.3, 0.4) is 0 Å². The molecule has 1 aromatic heterocycles. The Morgan fingerprint density at radius 3 is 3.15 bits per heavy atom.